The van der Waals surface area contributed by atoms with Crippen molar-refractivity contribution in [2.45, 2.75) is 132 Å². The molecule has 0 spiro atoms. The van der Waals surface area contributed by atoms with Crippen LogP contribution in [-0.4, -0.2) is 105 Å². The van der Waals surface area contributed by atoms with Crippen LogP contribution < -0.4 is 32.3 Å². The van der Waals surface area contributed by atoms with Crippen LogP contribution in [-0.2, 0) is 44.8 Å². The fourth-order valence-corrected chi connectivity index (χ4v) is 6.38. The summed E-state index contributed by atoms with van der Waals surface area (Å²) in [6, 6.07) is 4.00. The van der Waals surface area contributed by atoms with Gasteiger partial charge >= 0.3 is 12.1 Å². The largest absolute Gasteiger partial charge is 0.445 e. The Kier molecular flexibility index (Phi) is 22.8. The van der Waals surface area contributed by atoms with Crippen LogP contribution >= 0.6 is 0 Å². The normalized spacial score (nSPS) is 15.3. The van der Waals surface area contributed by atoms with Gasteiger partial charge in [0.25, 0.3) is 0 Å². The topological polar surface area (TPSA) is 237 Å². The SMILES string of the molecule is CCC(C)(C)C1CC(=O)N(CCCCCC(=O)NC(C(=O)N[C@H](CCCNC(N)=O)C(=O)Nc2ccc(COC(=O)NCCOCCOCCC(C)(C)C)cc2)C(C)C)C1=O. The summed E-state index contributed by atoms with van der Waals surface area (Å²) in [4.78, 5) is 90.2. The van der Waals surface area contributed by atoms with Crippen molar-refractivity contribution in [2.75, 3.05) is 51.4 Å². The van der Waals surface area contributed by atoms with Gasteiger partial charge in [-0.2, -0.15) is 0 Å². The molecule has 0 aromatic heterocycles. The molecule has 1 heterocycles. The van der Waals surface area contributed by atoms with Crippen LogP contribution in [0.15, 0.2) is 24.3 Å². The molecule has 0 radical (unpaired) electrons. The Morgan fingerprint density at radius 2 is 1.51 bits per heavy atom. The molecule has 0 saturated carbocycles. The number of carbonyl (C=O) groups is 7. The Hall–Kier alpha value is -4.77. The predicted octanol–water partition coefficient (Wildman–Crippen LogP) is 4.77. The van der Waals surface area contributed by atoms with Crippen LogP contribution in [0.3, 0.4) is 0 Å². The minimum atomic E-state index is -1.02. The number of benzene rings is 1. The number of anilines is 1. The lowest BCUT2D eigenvalue weighted by atomic mass is 9.76. The highest BCUT2D eigenvalue weighted by Gasteiger charge is 2.45. The van der Waals surface area contributed by atoms with E-state index in [-0.39, 0.29) is 79.3 Å². The van der Waals surface area contributed by atoms with Crippen LogP contribution in [0.4, 0.5) is 15.3 Å². The van der Waals surface area contributed by atoms with Gasteiger partial charge in [-0.05, 0) is 66.5 Å². The third-order valence-electron chi connectivity index (χ3n) is 10.7. The molecule has 1 aliphatic rings. The first-order chi connectivity index (χ1) is 28.7. The van der Waals surface area contributed by atoms with E-state index in [1.807, 2.05) is 20.8 Å². The predicted molar refractivity (Wildman–Crippen MR) is 232 cm³/mol. The number of nitrogens with two attached hydrogens (primary N) is 1. The van der Waals surface area contributed by atoms with Crippen molar-refractivity contribution in [3.63, 3.8) is 0 Å². The number of rotatable bonds is 28. The zero-order valence-corrected chi connectivity index (χ0v) is 37.7. The lowest BCUT2D eigenvalue weighted by molar-refractivity contribution is -0.140. The summed E-state index contributed by atoms with van der Waals surface area (Å²) in [6.07, 6.45) is 3.68. The summed E-state index contributed by atoms with van der Waals surface area (Å²) in [5.41, 5.74) is 6.26. The number of hydrogen-bond donors (Lipinski definition) is 6. The van der Waals surface area contributed by atoms with Gasteiger partial charge in [0.15, 0.2) is 0 Å². The van der Waals surface area contributed by atoms with Gasteiger partial charge in [0.2, 0.25) is 29.5 Å². The highest BCUT2D eigenvalue weighted by Crippen LogP contribution is 2.38. The van der Waals surface area contributed by atoms with Crippen molar-refractivity contribution in [2.24, 2.45) is 28.4 Å². The van der Waals surface area contributed by atoms with Crippen molar-refractivity contribution < 1.29 is 47.8 Å². The number of alkyl carbamates (subject to hydrolysis) is 1. The van der Waals surface area contributed by atoms with Crippen LogP contribution in [0.5, 0.6) is 0 Å². The molecule has 7 N–H and O–H groups in total. The van der Waals surface area contributed by atoms with Gasteiger partial charge in [-0.1, -0.05) is 80.4 Å². The number of ether oxygens (including phenoxy) is 3. The van der Waals surface area contributed by atoms with E-state index in [2.05, 4.69) is 47.4 Å². The highest BCUT2D eigenvalue weighted by atomic mass is 16.5. The summed E-state index contributed by atoms with van der Waals surface area (Å²) >= 11 is 0. The summed E-state index contributed by atoms with van der Waals surface area (Å²) < 4.78 is 16.3. The molecule has 2 rings (SSSR count). The van der Waals surface area contributed by atoms with E-state index in [0.29, 0.717) is 69.9 Å². The molecule has 1 aromatic carbocycles. The molecular formula is C44H73N7O10. The maximum Gasteiger partial charge on any atom is 0.407 e. The van der Waals surface area contributed by atoms with Gasteiger partial charge in [-0.15, -0.1) is 0 Å². The number of likely N-dealkylation sites (tertiary alicyclic amines) is 1. The summed E-state index contributed by atoms with van der Waals surface area (Å²) in [6.45, 7) is 18.7. The van der Waals surface area contributed by atoms with Crippen molar-refractivity contribution in [1.82, 2.24) is 26.2 Å². The molecule has 17 heteroatoms. The van der Waals surface area contributed by atoms with Crippen LogP contribution in [0.25, 0.3) is 0 Å². The fourth-order valence-electron chi connectivity index (χ4n) is 6.38. The Morgan fingerprint density at radius 3 is 2.13 bits per heavy atom. The maximum atomic E-state index is 13.6. The molecule has 8 amide bonds. The molecule has 2 unspecified atom stereocenters. The quantitative estimate of drug-likeness (QED) is 0.0499. The number of urea groups is 1. The standard InChI is InChI=1S/C44H73N7O10/c1-9-44(7,8)33-28-36(53)51(40(33)56)23-12-10-11-15-35(52)50-37(30(2)3)39(55)49-34(14-13-21-46-41(45)57)38(54)48-32-18-16-31(17-19-32)29-61-42(58)47-22-25-60-27-26-59-24-20-43(4,5)6/h16-19,30,33-34,37H,9-15,20-29H2,1-8H3,(H,47,58)(H,48,54)(H,49,55)(H,50,52)(H3,45,46,57)/t33?,34-,37?/m1/s1. The Bertz CT molecular complexity index is 1580. The van der Waals surface area contributed by atoms with E-state index < -0.39 is 36.0 Å². The number of amides is 8. The first kappa shape index (κ1) is 52.4. The van der Waals surface area contributed by atoms with Gasteiger partial charge in [0, 0.05) is 44.8 Å². The van der Waals surface area contributed by atoms with E-state index in [4.69, 9.17) is 19.9 Å². The van der Waals surface area contributed by atoms with Crippen molar-refractivity contribution >= 4 is 47.3 Å². The highest BCUT2D eigenvalue weighted by molar-refractivity contribution is 6.04. The lowest BCUT2D eigenvalue weighted by Crippen LogP contribution is -2.54. The number of carbonyl (C=O) groups excluding carboxylic acids is 7. The summed E-state index contributed by atoms with van der Waals surface area (Å²) in [5.74, 6) is -2.29. The maximum absolute atomic E-state index is 13.6. The molecule has 344 valence electrons. The van der Waals surface area contributed by atoms with Crippen LogP contribution in [0, 0.1) is 22.7 Å². The Morgan fingerprint density at radius 1 is 0.836 bits per heavy atom. The van der Waals surface area contributed by atoms with Gasteiger partial charge in [-0.25, -0.2) is 9.59 Å². The van der Waals surface area contributed by atoms with Crippen molar-refractivity contribution in [3.8, 4) is 0 Å². The van der Waals surface area contributed by atoms with Crippen molar-refractivity contribution in [1.29, 1.82) is 0 Å². The Labute approximate surface area is 362 Å². The van der Waals surface area contributed by atoms with Gasteiger partial charge < -0.3 is 46.5 Å². The monoisotopic (exact) mass is 860 g/mol. The van der Waals surface area contributed by atoms with Crippen molar-refractivity contribution in [3.05, 3.63) is 29.8 Å². The van der Waals surface area contributed by atoms with E-state index in [1.54, 1.807) is 38.1 Å². The second kappa shape index (κ2) is 26.5. The molecule has 1 fully saturated rings. The third-order valence-corrected chi connectivity index (χ3v) is 10.7. The Balaban J connectivity index is 1.84. The average Bonchev–Trinajstić information content (AvgIpc) is 3.48. The van der Waals surface area contributed by atoms with Crippen LogP contribution in [0.1, 0.15) is 119 Å². The smallest absolute Gasteiger partial charge is 0.407 e. The summed E-state index contributed by atoms with van der Waals surface area (Å²) in [7, 11) is 0. The van der Waals surface area contributed by atoms with E-state index in [0.717, 1.165) is 12.8 Å². The number of imide groups is 1. The molecule has 17 nitrogen and oxygen atoms in total. The fraction of sp³-hybridized carbons (Fsp3) is 0.705. The second-order valence-corrected chi connectivity index (χ2v) is 17.8. The van der Waals surface area contributed by atoms with Gasteiger partial charge in [0.05, 0.1) is 25.7 Å². The molecule has 0 aliphatic carbocycles. The van der Waals surface area contributed by atoms with Crippen LogP contribution in [0.2, 0.25) is 0 Å². The zero-order chi connectivity index (χ0) is 45.6. The minimum Gasteiger partial charge on any atom is -0.445 e. The third kappa shape index (κ3) is 20.6. The van der Waals surface area contributed by atoms with Gasteiger partial charge in [-0.3, -0.25) is 28.9 Å². The molecule has 3 atom stereocenters. The molecule has 1 aliphatic heterocycles. The van der Waals surface area contributed by atoms with E-state index in [1.165, 1.54) is 4.90 Å². The molecular weight excluding hydrogens is 787 g/mol. The number of nitrogens with zero attached hydrogens (tertiary/aromatic N) is 1. The number of hydrogen-bond acceptors (Lipinski definition) is 10. The first-order valence-electron chi connectivity index (χ1n) is 21.7. The van der Waals surface area contributed by atoms with Gasteiger partial charge in [0.1, 0.15) is 18.7 Å². The number of nitrogens with one attached hydrogen (secondary N) is 5. The lowest BCUT2D eigenvalue weighted by Gasteiger charge is -2.28. The molecule has 1 saturated heterocycles. The number of primary amides is 1. The number of unbranched alkanes of at least 4 members (excludes halogenated alkanes) is 2. The first-order valence-corrected chi connectivity index (χ1v) is 21.7. The average molecular weight is 860 g/mol. The zero-order valence-electron chi connectivity index (χ0n) is 37.7. The molecule has 61 heavy (non-hydrogen) atoms. The molecule has 0 bridgehead atoms. The minimum absolute atomic E-state index is 0.00483. The second-order valence-electron chi connectivity index (χ2n) is 17.8. The van der Waals surface area contributed by atoms with E-state index >= 15 is 0 Å². The van der Waals surface area contributed by atoms with E-state index in [9.17, 15) is 33.6 Å². The summed E-state index contributed by atoms with van der Waals surface area (Å²) in [5, 5.41) is 13.5. The molecule has 1 aromatic rings.